The van der Waals surface area contributed by atoms with Crippen molar-refractivity contribution in [2.75, 3.05) is 11.9 Å². The highest BCUT2D eigenvalue weighted by Gasteiger charge is 2.31. The minimum absolute atomic E-state index is 0.0742. The number of carboxylic acid groups (broad SMARTS) is 1. The molecule has 0 aliphatic heterocycles. The molecule has 1 atom stereocenters. The molecule has 0 radical (unpaired) electrons. The molecular weight excluding hydrogens is 553 g/mol. The number of rotatable bonds is 11. The van der Waals surface area contributed by atoms with Crippen LogP contribution in [-0.2, 0) is 9.59 Å². The van der Waals surface area contributed by atoms with Crippen molar-refractivity contribution in [1.29, 1.82) is 0 Å². The molecular formula is C31H25F3N2O6. The molecule has 0 aliphatic rings. The number of anilines is 1. The van der Waals surface area contributed by atoms with E-state index in [1.54, 1.807) is 30.3 Å². The van der Waals surface area contributed by atoms with Gasteiger partial charge in [-0.3, -0.25) is 9.59 Å². The third-order valence-corrected chi connectivity index (χ3v) is 5.90. The van der Waals surface area contributed by atoms with Crippen molar-refractivity contribution < 1.29 is 42.1 Å². The first-order chi connectivity index (χ1) is 20.1. The summed E-state index contributed by atoms with van der Waals surface area (Å²) in [6, 6.07) is 26.0. The average molecular weight is 579 g/mol. The number of carbonyl (C=O) groups excluding carboxylic acids is 2. The Morgan fingerprint density at radius 1 is 0.786 bits per heavy atom. The lowest BCUT2D eigenvalue weighted by molar-refractivity contribution is -0.274. The molecule has 0 fully saturated rings. The van der Waals surface area contributed by atoms with Gasteiger partial charge in [-0.15, -0.1) is 13.2 Å². The van der Waals surface area contributed by atoms with Gasteiger partial charge in [0.2, 0.25) is 0 Å². The molecule has 4 aromatic rings. The minimum atomic E-state index is -4.88. The molecule has 42 heavy (non-hydrogen) atoms. The Labute approximate surface area is 238 Å². The molecule has 0 spiro atoms. The molecule has 8 nitrogen and oxygen atoms in total. The molecule has 1 amide bonds. The normalized spacial score (nSPS) is 11.7. The van der Waals surface area contributed by atoms with E-state index in [0.29, 0.717) is 5.69 Å². The maximum Gasteiger partial charge on any atom is 0.573 e. The van der Waals surface area contributed by atoms with E-state index in [1.165, 1.54) is 24.3 Å². The summed E-state index contributed by atoms with van der Waals surface area (Å²) in [5, 5.41) is 14.3. The van der Waals surface area contributed by atoms with E-state index in [-0.39, 0.29) is 29.8 Å². The average Bonchev–Trinajstić information content (AvgIpc) is 2.96. The van der Waals surface area contributed by atoms with Crippen LogP contribution in [0.3, 0.4) is 0 Å². The van der Waals surface area contributed by atoms with Gasteiger partial charge in [0.15, 0.2) is 6.04 Å². The standard InChI is InChI=1S/C31H25F3N2O6/c32-31(33,34)42-25-14-12-21(13-15-25)28(36-24-10-4-9-23(18-24)29(39)35-17-16-27(37)38)30(40)41-26-11-5-8-22(19-26)20-6-2-1-3-7-20/h1-15,18-19,28,36H,16-17H2,(H,35,39)(H,37,38). The number of esters is 1. The van der Waals surface area contributed by atoms with Gasteiger partial charge in [-0.1, -0.05) is 60.7 Å². The lowest BCUT2D eigenvalue weighted by Gasteiger charge is -2.20. The molecule has 4 rings (SSSR count). The van der Waals surface area contributed by atoms with Crippen LogP contribution in [0, 0.1) is 0 Å². The topological polar surface area (TPSA) is 114 Å². The lowest BCUT2D eigenvalue weighted by Crippen LogP contribution is -2.27. The second kappa shape index (κ2) is 13.4. The van der Waals surface area contributed by atoms with E-state index in [4.69, 9.17) is 9.84 Å². The van der Waals surface area contributed by atoms with Gasteiger partial charge in [-0.05, 0) is 59.2 Å². The number of hydrogen-bond acceptors (Lipinski definition) is 6. The quantitative estimate of drug-likeness (QED) is 0.143. The monoisotopic (exact) mass is 578 g/mol. The summed E-state index contributed by atoms with van der Waals surface area (Å²) < 4.78 is 47.6. The van der Waals surface area contributed by atoms with Crippen LogP contribution in [0.15, 0.2) is 103 Å². The Morgan fingerprint density at radius 2 is 1.48 bits per heavy atom. The molecule has 1 unspecified atom stereocenters. The first-order valence-corrected chi connectivity index (χ1v) is 12.7. The maximum atomic E-state index is 13.5. The molecule has 4 aromatic carbocycles. The summed E-state index contributed by atoms with van der Waals surface area (Å²) >= 11 is 0. The van der Waals surface area contributed by atoms with E-state index in [1.807, 2.05) is 36.4 Å². The third-order valence-electron chi connectivity index (χ3n) is 5.90. The SMILES string of the molecule is O=C(O)CCNC(=O)c1cccc(NC(C(=O)Oc2cccc(-c3ccccc3)c2)c2ccc(OC(F)(F)F)cc2)c1. The molecule has 0 aliphatic carbocycles. The Kier molecular flexibility index (Phi) is 9.43. The zero-order chi connectivity index (χ0) is 30.1. The van der Waals surface area contributed by atoms with E-state index in [0.717, 1.165) is 23.3 Å². The fourth-order valence-electron chi connectivity index (χ4n) is 3.99. The molecule has 216 valence electrons. The predicted molar refractivity (Wildman–Crippen MR) is 148 cm³/mol. The van der Waals surface area contributed by atoms with Gasteiger partial charge in [0, 0.05) is 17.8 Å². The summed E-state index contributed by atoms with van der Waals surface area (Å²) in [7, 11) is 0. The van der Waals surface area contributed by atoms with E-state index >= 15 is 0 Å². The largest absolute Gasteiger partial charge is 0.573 e. The molecule has 0 saturated carbocycles. The van der Waals surface area contributed by atoms with Crippen LogP contribution in [0.1, 0.15) is 28.4 Å². The fraction of sp³-hybridized carbons (Fsp3) is 0.129. The van der Waals surface area contributed by atoms with Gasteiger partial charge in [-0.2, -0.15) is 0 Å². The van der Waals surface area contributed by atoms with Crippen molar-refractivity contribution >= 4 is 23.5 Å². The Hall–Kier alpha value is -5.32. The zero-order valence-corrected chi connectivity index (χ0v) is 21.9. The molecule has 0 saturated heterocycles. The molecule has 11 heteroatoms. The smallest absolute Gasteiger partial charge is 0.481 e. The number of amides is 1. The Bertz CT molecular complexity index is 1540. The first-order valence-electron chi connectivity index (χ1n) is 12.7. The highest BCUT2D eigenvalue weighted by Crippen LogP contribution is 2.29. The number of alkyl halides is 3. The van der Waals surface area contributed by atoms with E-state index in [9.17, 15) is 27.6 Å². The van der Waals surface area contributed by atoms with Crippen molar-refractivity contribution in [2.45, 2.75) is 18.8 Å². The number of benzene rings is 4. The second-order valence-electron chi connectivity index (χ2n) is 8.99. The Morgan fingerprint density at radius 3 is 2.17 bits per heavy atom. The van der Waals surface area contributed by atoms with Crippen LogP contribution < -0.4 is 20.1 Å². The zero-order valence-electron chi connectivity index (χ0n) is 21.9. The number of carboxylic acids is 1. The molecule has 0 aromatic heterocycles. The summed E-state index contributed by atoms with van der Waals surface area (Å²) in [6.45, 7) is -0.0742. The van der Waals surface area contributed by atoms with Gasteiger partial charge in [0.05, 0.1) is 6.42 Å². The maximum absolute atomic E-state index is 13.5. The Balaban J connectivity index is 1.59. The molecule has 0 heterocycles. The van der Waals surface area contributed by atoms with Crippen LogP contribution in [0.5, 0.6) is 11.5 Å². The summed E-state index contributed by atoms with van der Waals surface area (Å²) in [6.07, 6.45) is -5.13. The summed E-state index contributed by atoms with van der Waals surface area (Å²) in [4.78, 5) is 36.7. The van der Waals surface area contributed by atoms with Crippen molar-refractivity contribution in [3.8, 4) is 22.6 Å². The first kappa shape index (κ1) is 29.7. The van der Waals surface area contributed by atoms with Crippen LogP contribution in [-0.4, -0.2) is 35.9 Å². The highest BCUT2D eigenvalue weighted by molar-refractivity contribution is 5.95. The van der Waals surface area contributed by atoms with Crippen LogP contribution in [0.4, 0.5) is 18.9 Å². The molecule has 3 N–H and O–H groups in total. The van der Waals surface area contributed by atoms with Gasteiger partial charge >= 0.3 is 18.3 Å². The molecule has 0 bridgehead atoms. The summed E-state index contributed by atoms with van der Waals surface area (Å²) in [5.74, 6) is -2.56. The summed E-state index contributed by atoms with van der Waals surface area (Å²) in [5.41, 5.74) is 2.51. The van der Waals surface area contributed by atoms with Crippen molar-refractivity contribution in [3.05, 3.63) is 114 Å². The predicted octanol–water partition coefficient (Wildman–Crippen LogP) is 6.22. The highest BCUT2D eigenvalue weighted by atomic mass is 19.4. The fourth-order valence-corrected chi connectivity index (χ4v) is 3.99. The number of hydrogen-bond donors (Lipinski definition) is 3. The van der Waals surface area contributed by atoms with Gasteiger partial charge in [-0.25, -0.2) is 4.79 Å². The van der Waals surface area contributed by atoms with Gasteiger partial charge in [0.1, 0.15) is 11.5 Å². The van der Waals surface area contributed by atoms with Crippen molar-refractivity contribution in [2.24, 2.45) is 0 Å². The van der Waals surface area contributed by atoms with Crippen molar-refractivity contribution in [3.63, 3.8) is 0 Å². The number of carbonyl (C=O) groups is 3. The number of halogens is 3. The number of aliphatic carboxylic acids is 1. The van der Waals surface area contributed by atoms with E-state index < -0.39 is 36.0 Å². The minimum Gasteiger partial charge on any atom is -0.481 e. The second-order valence-corrected chi connectivity index (χ2v) is 8.99. The van der Waals surface area contributed by atoms with Crippen LogP contribution >= 0.6 is 0 Å². The van der Waals surface area contributed by atoms with Gasteiger partial charge < -0.3 is 25.2 Å². The number of nitrogens with one attached hydrogen (secondary N) is 2. The van der Waals surface area contributed by atoms with Crippen LogP contribution in [0.25, 0.3) is 11.1 Å². The van der Waals surface area contributed by atoms with E-state index in [2.05, 4.69) is 15.4 Å². The van der Waals surface area contributed by atoms with Crippen molar-refractivity contribution in [1.82, 2.24) is 5.32 Å². The van der Waals surface area contributed by atoms with Crippen LogP contribution in [0.2, 0.25) is 0 Å². The van der Waals surface area contributed by atoms with Gasteiger partial charge in [0.25, 0.3) is 5.91 Å². The number of ether oxygens (including phenoxy) is 2. The lowest BCUT2D eigenvalue weighted by atomic mass is 10.0. The third kappa shape index (κ3) is 8.59.